The summed E-state index contributed by atoms with van der Waals surface area (Å²) in [6.07, 6.45) is 1.31. The number of fused-ring (bicyclic) bond motifs is 1. The lowest BCUT2D eigenvalue weighted by molar-refractivity contribution is 0.1000. The van der Waals surface area contributed by atoms with Gasteiger partial charge in [0.25, 0.3) is 5.91 Å². The summed E-state index contributed by atoms with van der Waals surface area (Å²) in [5.41, 5.74) is 9.86. The van der Waals surface area contributed by atoms with Gasteiger partial charge in [-0.1, -0.05) is 23.0 Å². The normalized spacial score (nSPS) is 10.8. The van der Waals surface area contributed by atoms with Crippen molar-refractivity contribution in [2.24, 2.45) is 5.73 Å². The van der Waals surface area contributed by atoms with Gasteiger partial charge in [0.15, 0.2) is 5.82 Å². The molecule has 0 aliphatic heterocycles. The molecule has 9 heteroatoms. The van der Waals surface area contributed by atoms with Crippen LogP contribution in [0.15, 0.2) is 48.7 Å². The number of nitrogens with zero attached hydrogens (tertiary/aromatic N) is 5. The number of hydrogen-bond donors (Lipinski definition) is 2. The number of anilines is 2. The lowest BCUT2D eigenvalue weighted by atomic mass is 10.1. The van der Waals surface area contributed by atoms with Crippen LogP contribution in [0, 0.1) is 13.8 Å². The fraction of sp³-hybridized carbons (Fsp3) is 0.105. The minimum Gasteiger partial charge on any atom is -0.365 e. The molecule has 140 valence electrons. The van der Waals surface area contributed by atoms with Crippen LogP contribution in [0.4, 0.5) is 11.5 Å². The Morgan fingerprint density at radius 2 is 1.89 bits per heavy atom. The molecule has 0 bridgehead atoms. The molecule has 0 aliphatic carbocycles. The van der Waals surface area contributed by atoms with Gasteiger partial charge in [-0.25, -0.2) is 4.98 Å². The fourth-order valence-electron chi connectivity index (χ4n) is 2.86. The number of primary amides is 1. The first-order chi connectivity index (χ1) is 13.5. The van der Waals surface area contributed by atoms with Crippen LogP contribution in [0.3, 0.4) is 0 Å². The molecular formula is C19H17N7O2. The third kappa shape index (κ3) is 3.45. The molecule has 0 radical (unpaired) electrons. The molecule has 0 saturated heterocycles. The van der Waals surface area contributed by atoms with E-state index in [4.69, 9.17) is 10.6 Å². The fourth-order valence-corrected chi connectivity index (χ4v) is 2.86. The highest BCUT2D eigenvalue weighted by molar-refractivity contribution is 5.98. The van der Waals surface area contributed by atoms with E-state index in [0.29, 0.717) is 11.0 Å². The van der Waals surface area contributed by atoms with Crippen molar-refractivity contribution < 1.29 is 9.63 Å². The monoisotopic (exact) mass is 375 g/mol. The van der Waals surface area contributed by atoms with E-state index >= 15 is 0 Å². The van der Waals surface area contributed by atoms with Crippen molar-refractivity contribution in [1.29, 1.82) is 0 Å². The first kappa shape index (κ1) is 17.4. The Hall–Kier alpha value is -4.01. The van der Waals surface area contributed by atoms with Crippen molar-refractivity contribution in [2.75, 3.05) is 5.32 Å². The predicted octanol–water partition coefficient (Wildman–Crippen LogP) is 2.52. The molecule has 2 aromatic carbocycles. The maximum atomic E-state index is 11.8. The molecule has 0 fully saturated rings. The van der Waals surface area contributed by atoms with Crippen LogP contribution in [0.1, 0.15) is 21.5 Å². The minimum atomic E-state index is -0.648. The van der Waals surface area contributed by atoms with Gasteiger partial charge in [-0.2, -0.15) is 4.98 Å². The SMILES string of the molecule is Cc1cc(C)cc(Nc2nc(On3nnc4ccccc43)ncc2C(N)=O)c1. The molecule has 1 amide bonds. The second kappa shape index (κ2) is 6.95. The van der Waals surface area contributed by atoms with Crippen molar-refractivity contribution in [3.8, 4) is 6.01 Å². The molecule has 9 nitrogen and oxygen atoms in total. The number of amides is 1. The van der Waals surface area contributed by atoms with Crippen molar-refractivity contribution in [3.05, 3.63) is 65.4 Å². The number of nitrogens with one attached hydrogen (secondary N) is 1. The van der Waals surface area contributed by atoms with E-state index in [1.807, 2.05) is 56.3 Å². The number of rotatable bonds is 5. The number of aryl methyl sites for hydroxylation is 2. The molecule has 0 spiro atoms. The second-order valence-corrected chi connectivity index (χ2v) is 6.32. The van der Waals surface area contributed by atoms with Gasteiger partial charge in [0.2, 0.25) is 0 Å². The molecule has 4 rings (SSSR count). The lowest BCUT2D eigenvalue weighted by Gasteiger charge is -2.11. The Morgan fingerprint density at radius 1 is 1.14 bits per heavy atom. The van der Waals surface area contributed by atoms with Gasteiger partial charge < -0.3 is 15.9 Å². The maximum Gasteiger partial charge on any atom is 0.347 e. The zero-order valence-electron chi connectivity index (χ0n) is 15.2. The van der Waals surface area contributed by atoms with Crippen LogP contribution in [-0.2, 0) is 0 Å². The standard InChI is InChI=1S/C19H17N7O2/c1-11-7-12(2)9-13(8-11)22-18-14(17(20)27)10-21-19(23-18)28-26-16-6-4-3-5-15(16)24-25-26/h3-10H,1-2H3,(H2,20,27)(H,21,22,23). The highest BCUT2D eigenvalue weighted by Gasteiger charge is 2.15. The summed E-state index contributed by atoms with van der Waals surface area (Å²) in [4.78, 5) is 27.0. The van der Waals surface area contributed by atoms with E-state index in [1.165, 1.54) is 11.0 Å². The first-order valence-electron chi connectivity index (χ1n) is 8.50. The molecule has 28 heavy (non-hydrogen) atoms. The summed E-state index contributed by atoms with van der Waals surface area (Å²) < 4.78 is 0. The van der Waals surface area contributed by atoms with E-state index in [9.17, 15) is 4.79 Å². The summed E-state index contributed by atoms with van der Waals surface area (Å²) in [7, 11) is 0. The van der Waals surface area contributed by atoms with Crippen LogP contribution in [0.2, 0.25) is 0 Å². The molecule has 3 N–H and O–H groups in total. The topological polar surface area (TPSA) is 121 Å². The van der Waals surface area contributed by atoms with E-state index in [1.54, 1.807) is 0 Å². The van der Waals surface area contributed by atoms with E-state index in [-0.39, 0.29) is 17.4 Å². The third-order valence-corrected chi connectivity index (χ3v) is 4.01. The van der Waals surface area contributed by atoms with Gasteiger partial charge in [0, 0.05) is 11.9 Å². The summed E-state index contributed by atoms with van der Waals surface area (Å²) in [6.45, 7) is 3.97. The van der Waals surface area contributed by atoms with E-state index in [0.717, 1.165) is 16.8 Å². The van der Waals surface area contributed by atoms with Crippen molar-refractivity contribution >= 4 is 28.4 Å². The molecule has 0 atom stereocenters. The zero-order chi connectivity index (χ0) is 19.7. The average molecular weight is 375 g/mol. The molecule has 0 aliphatic rings. The van der Waals surface area contributed by atoms with E-state index < -0.39 is 5.91 Å². The van der Waals surface area contributed by atoms with Crippen molar-refractivity contribution in [1.82, 2.24) is 25.1 Å². The van der Waals surface area contributed by atoms with Crippen molar-refractivity contribution in [2.45, 2.75) is 13.8 Å². The summed E-state index contributed by atoms with van der Waals surface area (Å²) in [6, 6.07) is 13.2. The Morgan fingerprint density at radius 3 is 2.64 bits per heavy atom. The number of aromatic nitrogens is 5. The van der Waals surface area contributed by atoms with Crippen molar-refractivity contribution in [3.63, 3.8) is 0 Å². The molecule has 2 aromatic heterocycles. The van der Waals surface area contributed by atoms with Gasteiger partial charge in [0.1, 0.15) is 16.6 Å². The van der Waals surface area contributed by atoms with Gasteiger partial charge in [-0.3, -0.25) is 4.79 Å². The summed E-state index contributed by atoms with van der Waals surface area (Å²) in [5.74, 6) is -0.406. The lowest BCUT2D eigenvalue weighted by Crippen LogP contribution is -2.17. The van der Waals surface area contributed by atoms with Gasteiger partial charge in [-0.05, 0) is 54.5 Å². The highest BCUT2D eigenvalue weighted by Crippen LogP contribution is 2.23. The van der Waals surface area contributed by atoms with Crippen LogP contribution in [0.25, 0.3) is 11.0 Å². The highest BCUT2D eigenvalue weighted by atomic mass is 16.7. The summed E-state index contributed by atoms with van der Waals surface area (Å²) in [5, 5.41) is 11.1. The van der Waals surface area contributed by atoms with Gasteiger partial charge in [-0.15, -0.1) is 5.10 Å². The van der Waals surface area contributed by atoms with Crippen LogP contribution < -0.4 is 15.9 Å². The number of carbonyl (C=O) groups is 1. The average Bonchev–Trinajstić information content (AvgIpc) is 3.04. The Labute approximate surface area is 160 Å². The largest absolute Gasteiger partial charge is 0.365 e. The molecule has 2 heterocycles. The number of para-hydroxylation sites is 1. The summed E-state index contributed by atoms with van der Waals surface area (Å²) >= 11 is 0. The minimum absolute atomic E-state index is 0.00692. The van der Waals surface area contributed by atoms with Crippen LogP contribution in [-0.4, -0.2) is 31.0 Å². The number of carbonyl (C=O) groups excluding carboxylic acids is 1. The maximum absolute atomic E-state index is 11.8. The van der Waals surface area contributed by atoms with E-state index in [2.05, 4.69) is 25.6 Å². The Balaban J connectivity index is 1.70. The Bertz CT molecular complexity index is 1170. The van der Waals surface area contributed by atoms with Crippen LogP contribution in [0.5, 0.6) is 6.01 Å². The van der Waals surface area contributed by atoms with Gasteiger partial charge in [0.05, 0.1) is 0 Å². The first-order valence-corrected chi connectivity index (χ1v) is 8.50. The van der Waals surface area contributed by atoms with Gasteiger partial charge >= 0.3 is 6.01 Å². The molecule has 4 aromatic rings. The van der Waals surface area contributed by atoms with Crippen LogP contribution >= 0.6 is 0 Å². The second-order valence-electron chi connectivity index (χ2n) is 6.32. The Kier molecular flexibility index (Phi) is 4.32. The quantitative estimate of drug-likeness (QED) is 0.550. The number of nitrogens with two attached hydrogens (primary N) is 1. The third-order valence-electron chi connectivity index (χ3n) is 4.01. The molecule has 0 unspecified atom stereocenters. The predicted molar refractivity (Wildman–Crippen MR) is 103 cm³/mol. The molecule has 0 saturated carbocycles. The zero-order valence-corrected chi connectivity index (χ0v) is 15.2. The smallest absolute Gasteiger partial charge is 0.347 e. The number of hydrogen-bond acceptors (Lipinski definition) is 7. The number of benzene rings is 2. The molecular weight excluding hydrogens is 358 g/mol.